The predicted octanol–water partition coefficient (Wildman–Crippen LogP) is 5.33. The van der Waals surface area contributed by atoms with E-state index in [1.165, 1.54) is 0 Å². The van der Waals surface area contributed by atoms with Crippen molar-refractivity contribution in [1.82, 2.24) is 4.72 Å². The van der Waals surface area contributed by atoms with E-state index in [1.54, 1.807) is 12.1 Å². The van der Waals surface area contributed by atoms with E-state index in [0.29, 0.717) is 4.90 Å². The smallest absolute Gasteiger partial charge is 0.207 e. The van der Waals surface area contributed by atoms with Crippen LogP contribution in [-0.4, -0.2) is 14.5 Å². The van der Waals surface area contributed by atoms with Crippen LogP contribution in [0.1, 0.15) is 50.7 Å². The topological polar surface area (TPSA) is 46.2 Å². The summed E-state index contributed by atoms with van der Waals surface area (Å²) in [4.78, 5) is 0.319. The summed E-state index contributed by atoms with van der Waals surface area (Å²) >= 11 is 0. The molecule has 26 heavy (non-hydrogen) atoms. The van der Waals surface area contributed by atoms with Crippen LogP contribution in [0, 0.1) is 6.92 Å². The molecule has 0 saturated carbocycles. The molecule has 1 atom stereocenters. The third-order valence-electron chi connectivity index (χ3n) is 4.34. The first kappa shape index (κ1) is 20.4. The van der Waals surface area contributed by atoms with Gasteiger partial charge in [-0.1, -0.05) is 86.4 Å². The van der Waals surface area contributed by atoms with Crippen molar-refractivity contribution in [3.05, 3.63) is 71.3 Å². The van der Waals surface area contributed by atoms with Crippen molar-refractivity contribution in [2.45, 2.75) is 57.4 Å². The van der Waals surface area contributed by atoms with Crippen molar-refractivity contribution in [1.29, 1.82) is 0 Å². The van der Waals surface area contributed by atoms with Crippen LogP contribution in [0.4, 0.5) is 0 Å². The Hall–Kier alpha value is -1.91. The van der Waals surface area contributed by atoms with E-state index in [1.807, 2.05) is 49.4 Å². The van der Waals surface area contributed by atoms with Crippen LogP contribution in [0.15, 0.2) is 65.1 Å². The minimum absolute atomic E-state index is 0.188. The van der Waals surface area contributed by atoms with Gasteiger partial charge in [0.1, 0.15) is 0 Å². The number of sulfonamides is 1. The molecule has 0 saturated heterocycles. The fourth-order valence-corrected chi connectivity index (χ4v) is 4.25. The zero-order valence-electron chi connectivity index (χ0n) is 15.9. The van der Waals surface area contributed by atoms with Crippen LogP contribution in [0.3, 0.4) is 0 Å². The van der Waals surface area contributed by atoms with Gasteiger partial charge in [-0.05, 0) is 37.5 Å². The van der Waals surface area contributed by atoms with E-state index in [9.17, 15) is 8.42 Å². The van der Waals surface area contributed by atoms with Crippen LogP contribution in [0.5, 0.6) is 0 Å². The molecule has 0 aromatic heterocycles. The quantitative estimate of drug-likeness (QED) is 0.648. The Morgan fingerprint density at radius 1 is 1.00 bits per heavy atom. The Morgan fingerprint density at radius 3 is 2.23 bits per heavy atom. The molecule has 0 aliphatic carbocycles. The highest BCUT2D eigenvalue weighted by Gasteiger charge is 2.22. The van der Waals surface area contributed by atoms with Gasteiger partial charge < -0.3 is 0 Å². The predicted molar refractivity (Wildman–Crippen MR) is 110 cm³/mol. The molecule has 0 spiro atoms. The largest absolute Gasteiger partial charge is 0.241 e. The second kappa shape index (κ2) is 9.70. The van der Waals surface area contributed by atoms with Crippen LogP contribution < -0.4 is 4.72 Å². The molecular weight excluding hydrogens is 342 g/mol. The maximum absolute atomic E-state index is 12.9. The molecule has 0 aliphatic rings. The number of rotatable bonds is 9. The lowest BCUT2D eigenvalue weighted by Crippen LogP contribution is -2.36. The summed E-state index contributed by atoms with van der Waals surface area (Å²) in [7, 11) is -3.54. The molecule has 0 radical (unpaired) electrons. The molecule has 0 bridgehead atoms. The van der Waals surface area contributed by atoms with Gasteiger partial charge >= 0.3 is 0 Å². The summed E-state index contributed by atoms with van der Waals surface area (Å²) in [6, 6.07) is 16.9. The monoisotopic (exact) mass is 371 g/mol. The van der Waals surface area contributed by atoms with Gasteiger partial charge in [0.05, 0.1) is 4.90 Å². The summed E-state index contributed by atoms with van der Waals surface area (Å²) in [6.07, 6.45) is 5.67. The highest BCUT2D eigenvalue weighted by Crippen LogP contribution is 2.21. The van der Waals surface area contributed by atoms with E-state index < -0.39 is 10.0 Å². The van der Waals surface area contributed by atoms with Gasteiger partial charge in [0.25, 0.3) is 0 Å². The molecule has 2 aromatic carbocycles. The molecular formula is C22H29NO2S. The Bertz CT molecular complexity index is 809. The highest BCUT2D eigenvalue weighted by atomic mass is 32.2. The number of benzene rings is 2. The Kier molecular flexibility index (Phi) is 7.61. The fourth-order valence-electron chi connectivity index (χ4n) is 2.98. The lowest BCUT2D eigenvalue weighted by molar-refractivity contribution is 0.546. The van der Waals surface area contributed by atoms with E-state index in [-0.39, 0.29) is 6.04 Å². The number of hydrogen-bond donors (Lipinski definition) is 1. The second-order valence-corrected chi connectivity index (χ2v) is 8.37. The van der Waals surface area contributed by atoms with Crippen LogP contribution in [-0.2, 0) is 10.0 Å². The molecule has 0 fully saturated rings. The van der Waals surface area contributed by atoms with E-state index in [0.717, 1.165) is 42.4 Å². The van der Waals surface area contributed by atoms with E-state index >= 15 is 0 Å². The van der Waals surface area contributed by atoms with Gasteiger partial charge in [0, 0.05) is 6.04 Å². The first-order valence-electron chi connectivity index (χ1n) is 9.30. The molecule has 1 N–H and O–H groups in total. The summed E-state index contributed by atoms with van der Waals surface area (Å²) in [5, 5.41) is 0. The van der Waals surface area contributed by atoms with Crippen molar-refractivity contribution >= 4 is 16.1 Å². The van der Waals surface area contributed by atoms with E-state index in [4.69, 9.17) is 0 Å². The van der Waals surface area contributed by atoms with Gasteiger partial charge in [0.15, 0.2) is 0 Å². The summed E-state index contributed by atoms with van der Waals surface area (Å²) in [5.74, 6) is 0. The highest BCUT2D eigenvalue weighted by molar-refractivity contribution is 7.89. The van der Waals surface area contributed by atoms with Crippen LogP contribution >= 0.6 is 0 Å². The van der Waals surface area contributed by atoms with Crippen molar-refractivity contribution in [3.63, 3.8) is 0 Å². The Labute approximate surface area is 158 Å². The maximum atomic E-state index is 12.9. The lowest BCUT2D eigenvalue weighted by Gasteiger charge is -2.22. The minimum Gasteiger partial charge on any atom is -0.207 e. The zero-order valence-corrected chi connectivity index (χ0v) is 16.7. The summed E-state index contributed by atoms with van der Waals surface area (Å²) in [6.45, 7) is 6.15. The van der Waals surface area contributed by atoms with Crippen LogP contribution in [0.2, 0.25) is 0 Å². The maximum Gasteiger partial charge on any atom is 0.241 e. The number of nitrogens with one attached hydrogen (secondary N) is 1. The van der Waals surface area contributed by atoms with Crippen molar-refractivity contribution < 1.29 is 8.42 Å². The van der Waals surface area contributed by atoms with Gasteiger partial charge in [0.2, 0.25) is 10.0 Å². The van der Waals surface area contributed by atoms with Gasteiger partial charge in [-0.25, -0.2) is 13.1 Å². The van der Waals surface area contributed by atoms with Crippen molar-refractivity contribution in [3.8, 4) is 0 Å². The summed E-state index contributed by atoms with van der Waals surface area (Å²) < 4.78 is 28.6. The minimum atomic E-state index is -3.54. The molecule has 0 heterocycles. The molecule has 2 rings (SSSR count). The molecule has 1 unspecified atom stereocenters. The van der Waals surface area contributed by atoms with Gasteiger partial charge in [-0.3, -0.25) is 0 Å². The normalized spacial score (nSPS) is 13.6. The number of aryl methyl sites for hydroxylation is 1. The second-order valence-electron chi connectivity index (χ2n) is 6.66. The average Bonchev–Trinajstić information content (AvgIpc) is 2.62. The van der Waals surface area contributed by atoms with Gasteiger partial charge in [-0.15, -0.1) is 0 Å². The summed E-state index contributed by atoms with van der Waals surface area (Å²) in [5.41, 5.74) is 3.28. The fraction of sp³-hybridized carbons (Fsp3) is 0.364. The van der Waals surface area contributed by atoms with E-state index in [2.05, 4.69) is 24.6 Å². The first-order valence-corrected chi connectivity index (χ1v) is 10.8. The third-order valence-corrected chi connectivity index (χ3v) is 5.83. The van der Waals surface area contributed by atoms with Crippen molar-refractivity contribution in [2.24, 2.45) is 0 Å². The van der Waals surface area contributed by atoms with Crippen LogP contribution in [0.25, 0.3) is 6.08 Å². The standard InChI is InChI=1S/C22H29NO2S/c1-4-9-20(17-19-11-7-6-8-12-19)22(10-5-2)23-26(24,25)21-15-13-18(3)14-16-21/h6-8,11-17,22-23H,4-5,9-10H2,1-3H3/b20-17+. The lowest BCUT2D eigenvalue weighted by atomic mass is 9.97. The SMILES string of the molecule is CCC/C(=C\c1ccccc1)C(CCC)NS(=O)(=O)c1ccc(C)cc1. The molecule has 3 nitrogen and oxygen atoms in total. The molecule has 4 heteroatoms. The van der Waals surface area contributed by atoms with Crippen molar-refractivity contribution in [2.75, 3.05) is 0 Å². The Balaban J connectivity index is 2.32. The third kappa shape index (κ3) is 5.82. The zero-order chi connectivity index (χ0) is 19.0. The number of hydrogen-bond acceptors (Lipinski definition) is 2. The first-order chi connectivity index (χ1) is 12.5. The Morgan fingerprint density at radius 2 is 1.65 bits per heavy atom. The molecule has 0 aliphatic heterocycles. The molecule has 0 amide bonds. The molecule has 140 valence electrons. The van der Waals surface area contributed by atoms with Gasteiger partial charge in [-0.2, -0.15) is 0 Å². The average molecular weight is 372 g/mol. The molecule has 2 aromatic rings.